The van der Waals surface area contributed by atoms with E-state index in [1.54, 1.807) is 6.07 Å². The van der Waals surface area contributed by atoms with Gasteiger partial charge >= 0.3 is 5.63 Å². The van der Waals surface area contributed by atoms with Gasteiger partial charge in [0.1, 0.15) is 5.58 Å². The van der Waals surface area contributed by atoms with Crippen LogP contribution in [0.1, 0.15) is 18.4 Å². The van der Waals surface area contributed by atoms with E-state index < -0.39 is 0 Å². The Morgan fingerprint density at radius 2 is 1.94 bits per heavy atom. The number of hydrogen-bond acceptors (Lipinski definition) is 3. The highest BCUT2D eigenvalue weighted by molar-refractivity contribution is 6.35. The van der Waals surface area contributed by atoms with Crippen molar-refractivity contribution in [2.75, 3.05) is 13.1 Å². The molecule has 2 heterocycles. The summed E-state index contributed by atoms with van der Waals surface area (Å²) in [5, 5.41) is 1.35. The zero-order chi connectivity index (χ0) is 12.5. The Labute approximate surface area is 110 Å². The molecule has 1 aromatic heterocycles. The van der Waals surface area contributed by atoms with Crippen LogP contribution in [0.15, 0.2) is 33.5 Å². The van der Waals surface area contributed by atoms with E-state index in [-0.39, 0.29) is 5.63 Å². The third-order valence-corrected chi connectivity index (χ3v) is 3.85. The first-order valence-corrected chi connectivity index (χ1v) is 6.56. The van der Waals surface area contributed by atoms with Crippen LogP contribution < -0.4 is 5.63 Å². The maximum atomic E-state index is 12.0. The van der Waals surface area contributed by atoms with Crippen LogP contribution >= 0.6 is 11.6 Å². The maximum absolute atomic E-state index is 12.0. The minimum absolute atomic E-state index is 0.314. The predicted octanol–water partition coefficient (Wildman–Crippen LogP) is 3.04. The monoisotopic (exact) mass is 263 g/mol. The van der Waals surface area contributed by atoms with E-state index in [0.29, 0.717) is 22.7 Å². The zero-order valence-electron chi connectivity index (χ0n) is 9.99. The molecule has 1 aliphatic rings. The molecule has 0 amide bonds. The summed E-state index contributed by atoms with van der Waals surface area (Å²) in [5.74, 6) is 0. The van der Waals surface area contributed by atoms with Gasteiger partial charge in [-0.25, -0.2) is 4.79 Å². The second kappa shape index (κ2) is 4.75. The Kier molecular flexibility index (Phi) is 3.10. The van der Waals surface area contributed by atoms with Crippen LogP contribution in [0.5, 0.6) is 0 Å². The number of hydrogen-bond donors (Lipinski definition) is 0. The van der Waals surface area contributed by atoms with E-state index in [1.807, 2.05) is 18.2 Å². The van der Waals surface area contributed by atoms with Crippen LogP contribution in [0.4, 0.5) is 0 Å². The van der Waals surface area contributed by atoms with Gasteiger partial charge in [-0.15, -0.1) is 0 Å². The molecular weight excluding hydrogens is 250 g/mol. The van der Waals surface area contributed by atoms with Crippen molar-refractivity contribution >= 4 is 22.6 Å². The van der Waals surface area contributed by atoms with Crippen molar-refractivity contribution in [3.05, 3.63) is 45.3 Å². The van der Waals surface area contributed by atoms with E-state index in [9.17, 15) is 4.79 Å². The van der Waals surface area contributed by atoms with E-state index in [1.165, 1.54) is 12.8 Å². The molecule has 1 aromatic carbocycles. The van der Waals surface area contributed by atoms with Crippen LogP contribution in [0, 0.1) is 0 Å². The minimum atomic E-state index is -0.314. The van der Waals surface area contributed by atoms with Gasteiger partial charge in [-0.05, 0) is 38.1 Å². The Hall–Kier alpha value is -1.32. The van der Waals surface area contributed by atoms with Crippen molar-refractivity contribution in [2.45, 2.75) is 19.4 Å². The second-order valence-corrected chi connectivity index (χ2v) is 5.04. The molecule has 0 aliphatic carbocycles. The molecule has 1 saturated heterocycles. The van der Waals surface area contributed by atoms with E-state index in [4.69, 9.17) is 16.0 Å². The van der Waals surface area contributed by atoms with Crippen molar-refractivity contribution in [3.8, 4) is 0 Å². The molecule has 2 aromatic rings. The van der Waals surface area contributed by atoms with Crippen LogP contribution in [0.25, 0.3) is 11.0 Å². The predicted molar refractivity (Wildman–Crippen MR) is 72.0 cm³/mol. The Morgan fingerprint density at radius 3 is 2.72 bits per heavy atom. The summed E-state index contributed by atoms with van der Waals surface area (Å²) in [4.78, 5) is 14.2. The SMILES string of the molecule is O=c1oc2ccccc2c(Cl)c1CN1CCCC1. The Balaban J connectivity index is 2.07. The van der Waals surface area contributed by atoms with Crippen LogP contribution in [0.3, 0.4) is 0 Å². The van der Waals surface area contributed by atoms with Gasteiger partial charge in [-0.2, -0.15) is 0 Å². The number of likely N-dealkylation sites (tertiary alicyclic amines) is 1. The summed E-state index contributed by atoms with van der Waals surface area (Å²) in [7, 11) is 0. The molecule has 18 heavy (non-hydrogen) atoms. The van der Waals surface area contributed by atoms with E-state index in [2.05, 4.69) is 4.90 Å². The highest BCUT2D eigenvalue weighted by atomic mass is 35.5. The topological polar surface area (TPSA) is 33.5 Å². The van der Waals surface area contributed by atoms with Crippen molar-refractivity contribution in [1.29, 1.82) is 0 Å². The number of fused-ring (bicyclic) bond motifs is 1. The molecule has 0 bridgehead atoms. The van der Waals surface area contributed by atoms with Gasteiger partial charge < -0.3 is 4.42 Å². The van der Waals surface area contributed by atoms with E-state index >= 15 is 0 Å². The van der Waals surface area contributed by atoms with Crippen molar-refractivity contribution in [3.63, 3.8) is 0 Å². The third kappa shape index (κ3) is 2.04. The summed E-state index contributed by atoms with van der Waals surface area (Å²) in [6, 6.07) is 7.38. The summed E-state index contributed by atoms with van der Waals surface area (Å²) in [6.07, 6.45) is 2.38. The standard InChI is InChI=1S/C14H14ClNO2/c15-13-10-5-1-2-6-12(10)18-14(17)11(13)9-16-7-3-4-8-16/h1-2,5-6H,3-4,7-9H2. The normalized spacial score (nSPS) is 16.5. The molecule has 0 unspecified atom stereocenters. The van der Waals surface area contributed by atoms with E-state index in [0.717, 1.165) is 18.5 Å². The van der Waals surface area contributed by atoms with Gasteiger partial charge in [0.2, 0.25) is 0 Å². The van der Waals surface area contributed by atoms with Gasteiger partial charge in [0.25, 0.3) is 0 Å². The first kappa shape index (κ1) is 11.8. The molecule has 94 valence electrons. The fourth-order valence-electron chi connectivity index (χ4n) is 2.45. The highest BCUT2D eigenvalue weighted by Gasteiger charge is 2.18. The number of para-hydroxylation sites is 1. The lowest BCUT2D eigenvalue weighted by Crippen LogP contribution is -2.23. The second-order valence-electron chi connectivity index (χ2n) is 4.66. The van der Waals surface area contributed by atoms with Crippen LogP contribution in [0.2, 0.25) is 5.02 Å². The van der Waals surface area contributed by atoms with Crippen LogP contribution in [-0.2, 0) is 6.54 Å². The molecule has 0 N–H and O–H groups in total. The average molecular weight is 264 g/mol. The molecule has 0 atom stereocenters. The van der Waals surface area contributed by atoms with Gasteiger partial charge in [0, 0.05) is 11.9 Å². The Bertz CT molecular complexity index is 629. The number of benzene rings is 1. The van der Waals surface area contributed by atoms with Gasteiger partial charge in [-0.3, -0.25) is 4.90 Å². The van der Waals surface area contributed by atoms with Crippen molar-refractivity contribution in [2.24, 2.45) is 0 Å². The highest BCUT2D eigenvalue weighted by Crippen LogP contribution is 2.26. The fraction of sp³-hybridized carbons (Fsp3) is 0.357. The van der Waals surface area contributed by atoms with Crippen molar-refractivity contribution < 1.29 is 4.42 Å². The quantitative estimate of drug-likeness (QED) is 0.781. The van der Waals surface area contributed by atoms with Gasteiger partial charge in [0.15, 0.2) is 0 Å². The molecule has 0 saturated carbocycles. The molecule has 1 fully saturated rings. The summed E-state index contributed by atoms with van der Waals surface area (Å²) < 4.78 is 5.32. The Morgan fingerprint density at radius 1 is 1.22 bits per heavy atom. The molecule has 4 heteroatoms. The smallest absolute Gasteiger partial charge is 0.342 e. The molecule has 0 spiro atoms. The lowest BCUT2D eigenvalue weighted by Gasteiger charge is -2.14. The first-order chi connectivity index (χ1) is 8.75. The first-order valence-electron chi connectivity index (χ1n) is 6.18. The average Bonchev–Trinajstić information content (AvgIpc) is 2.87. The maximum Gasteiger partial charge on any atom is 0.342 e. The zero-order valence-corrected chi connectivity index (χ0v) is 10.7. The summed E-state index contributed by atoms with van der Waals surface area (Å²) in [5.41, 5.74) is 0.820. The minimum Gasteiger partial charge on any atom is -0.422 e. The molecule has 3 nitrogen and oxygen atoms in total. The van der Waals surface area contributed by atoms with Gasteiger partial charge in [0.05, 0.1) is 10.6 Å². The van der Waals surface area contributed by atoms with Crippen molar-refractivity contribution in [1.82, 2.24) is 4.90 Å². The van der Waals surface area contributed by atoms with Crippen LogP contribution in [-0.4, -0.2) is 18.0 Å². The summed E-state index contributed by atoms with van der Waals surface area (Å²) in [6.45, 7) is 2.65. The number of halogens is 1. The fourth-order valence-corrected chi connectivity index (χ4v) is 2.74. The van der Waals surface area contributed by atoms with Gasteiger partial charge in [-0.1, -0.05) is 23.7 Å². The molecular formula is C14H14ClNO2. The molecule has 0 radical (unpaired) electrons. The lowest BCUT2D eigenvalue weighted by atomic mass is 10.2. The number of nitrogens with zero attached hydrogens (tertiary/aromatic N) is 1. The molecule has 1 aliphatic heterocycles. The number of rotatable bonds is 2. The lowest BCUT2D eigenvalue weighted by molar-refractivity contribution is 0.326. The third-order valence-electron chi connectivity index (χ3n) is 3.42. The molecule has 3 rings (SSSR count). The largest absolute Gasteiger partial charge is 0.422 e. The summed E-state index contributed by atoms with van der Waals surface area (Å²) >= 11 is 6.34.